The van der Waals surface area contributed by atoms with Crippen molar-refractivity contribution >= 4 is 23.5 Å². The molecule has 0 aromatic heterocycles. The fourth-order valence-corrected chi connectivity index (χ4v) is 3.09. The summed E-state index contributed by atoms with van der Waals surface area (Å²) in [5.74, 6) is -1.91. The normalized spacial score (nSPS) is 19.6. The van der Waals surface area contributed by atoms with Crippen LogP contribution in [0.25, 0.3) is 0 Å². The van der Waals surface area contributed by atoms with Crippen LogP contribution in [0.5, 0.6) is 0 Å². The predicted octanol–water partition coefficient (Wildman–Crippen LogP) is 1.98. The summed E-state index contributed by atoms with van der Waals surface area (Å²) in [6.07, 6.45) is -0.973. The van der Waals surface area contributed by atoms with Gasteiger partial charge in [0, 0.05) is 12.1 Å². The average molecular weight is 382 g/mol. The highest BCUT2D eigenvalue weighted by Gasteiger charge is 2.36. The molecule has 2 aromatic rings. The number of benzene rings is 2. The highest BCUT2D eigenvalue weighted by molar-refractivity contribution is 5.98. The molecule has 1 aliphatic rings. The maximum Gasteiger partial charge on any atom is 0.332 e. The van der Waals surface area contributed by atoms with Crippen molar-refractivity contribution < 1.29 is 24.2 Å². The molecule has 1 heterocycles. The van der Waals surface area contributed by atoms with Crippen LogP contribution in [0.3, 0.4) is 0 Å². The van der Waals surface area contributed by atoms with Gasteiger partial charge in [0.05, 0.1) is 0 Å². The Kier molecular flexibility index (Phi) is 6.39. The lowest BCUT2D eigenvalue weighted by atomic mass is 10.0. The fourth-order valence-electron chi connectivity index (χ4n) is 3.09. The summed E-state index contributed by atoms with van der Waals surface area (Å²) in [6, 6.07) is 17.5. The van der Waals surface area contributed by atoms with Crippen molar-refractivity contribution in [2.75, 3.05) is 5.32 Å². The average Bonchev–Trinajstić information content (AvgIpc) is 3.20. The van der Waals surface area contributed by atoms with Crippen LogP contribution < -0.4 is 10.6 Å². The van der Waals surface area contributed by atoms with Crippen LogP contribution in [0.15, 0.2) is 60.7 Å². The smallest absolute Gasteiger partial charge is 0.332 e. The van der Waals surface area contributed by atoms with Crippen molar-refractivity contribution in [1.82, 2.24) is 5.32 Å². The first-order valence-electron chi connectivity index (χ1n) is 9.11. The third-order valence-electron chi connectivity index (χ3n) is 4.54. The predicted molar refractivity (Wildman–Crippen MR) is 103 cm³/mol. The van der Waals surface area contributed by atoms with E-state index in [1.54, 1.807) is 24.3 Å². The van der Waals surface area contributed by atoms with E-state index in [1.807, 2.05) is 36.4 Å². The maximum absolute atomic E-state index is 12.8. The lowest BCUT2D eigenvalue weighted by Gasteiger charge is -2.21. The minimum atomic E-state index is -1.09. The lowest BCUT2D eigenvalue weighted by Crippen LogP contribution is -2.48. The Morgan fingerprint density at radius 2 is 1.57 bits per heavy atom. The van der Waals surface area contributed by atoms with Crippen molar-refractivity contribution in [3.05, 3.63) is 66.2 Å². The summed E-state index contributed by atoms with van der Waals surface area (Å²) in [7, 11) is 0. The van der Waals surface area contributed by atoms with Gasteiger partial charge in [0.25, 0.3) is 0 Å². The lowest BCUT2D eigenvalue weighted by molar-refractivity contribution is -0.152. The summed E-state index contributed by atoms with van der Waals surface area (Å²) >= 11 is 0. The molecule has 3 atom stereocenters. The van der Waals surface area contributed by atoms with Crippen molar-refractivity contribution in [1.29, 1.82) is 0 Å². The molecule has 3 N–H and O–H groups in total. The van der Waals surface area contributed by atoms with Gasteiger partial charge < -0.3 is 20.5 Å². The molecule has 1 fully saturated rings. The van der Waals surface area contributed by atoms with Gasteiger partial charge in [-0.05, 0) is 30.5 Å². The van der Waals surface area contributed by atoms with E-state index in [2.05, 4.69) is 10.6 Å². The molecule has 146 valence electrons. The Labute approximate surface area is 162 Å². The summed E-state index contributed by atoms with van der Waals surface area (Å²) in [4.78, 5) is 36.4. The van der Waals surface area contributed by atoms with Crippen molar-refractivity contribution in [2.45, 2.75) is 37.5 Å². The molecule has 1 saturated heterocycles. The van der Waals surface area contributed by atoms with Gasteiger partial charge in [0.2, 0.25) is 11.8 Å². The number of anilines is 1. The molecule has 0 aliphatic carbocycles. The van der Waals surface area contributed by atoms with Crippen LogP contribution in [0.1, 0.15) is 18.4 Å². The van der Waals surface area contributed by atoms with Crippen molar-refractivity contribution in [3.63, 3.8) is 0 Å². The standard InChI is InChI=1S/C21H22N2O5/c24-19(22-15-9-5-2-6-10-15)16(13-14-7-3-1-4-8-14)23-20(25)17-11-12-18(28-17)21(26)27/h1-10,16-18H,11-13H2,(H,22,24)(H,23,25)(H,26,27)/t16?,17-,18+/m0/s1. The van der Waals surface area contributed by atoms with E-state index in [-0.39, 0.29) is 12.3 Å². The van der Waals surface area contributed by atoms with Crippen LogP contribution >= 0.6 is 0 Å². The van der Waals surface area contributed by atoms with Gasteiger partial charge >= 0.3 is 5.97 Å². The number of amides is 2. The Hall–Kier alpha value is -3.19. The van der Waals surface area contributed by atoms with Crippen LogP contribution in [-0.4, -0.2) is 41.1 Å². The molecule has 1 aliphatic heterocycles. The van der Waals surface area contributed by atoms with Gasteiger partial charge in [0.1, 0.15) is 12.1 Å². The van der Waals surface area contributed by atoms with E-state index in [1.165, 1.54) is 0 Å². The summed E-state index contributed by atoms with van der Waals surface area (Å²) in [6.45, 7) is 0. The van der Waals surface area contributed by atoms with E-state index in [4.69, 9.17) is 9.84 Å². The minimum Gasteiger partial charge on any atom is -0.479 e. The quantitative estimate of drug-likeness (QED) is 0.679. The highest BCUT2D eigenvalue weighted by atomic mass is 16.5. The third kappa shape index (κ3) is 5.17. The summed E-state index contributed by atoms with van der Waals surface area (Å²) in [5.41, 5.74) is 1.52. The van der Waals surface area contributed by atoms with Crippen LogP contribution in [0, 0.1) is 0 Å². The Morgan fingerprint density at radius 3 is 2.18 bits per heavy atom. The second-order valence-corrected chi connectivity index (χ2v) is 6.64. The summed E-state index contributed by atoms with van der Waals surface area (Å²) < 4.78 is 5.29. The Balaban J connectivity index is 1.69. The molecule has 2 aromatic carbocycles. The zero-order valence-corrected chi connectivity index (χ0v) is 15.2. The van der Waals surface area contributed by atoms with E-state index < -0.39 is 30.1 Å². The number of carboxylic acid groups (broad SMARTS) is 1. The molecule has 7 heteroatoms. The number of ether oxygens (including phenoxy) is 1. The number of rotatable bonds is 7. The second kappa shape index (κ2) is 9.14. The largest absolute Gasteiger partial charge is 0.479 e. The molecule has 0 radical (unpaired) electrons. The summed E-state index contributed by atoms with van der Waals surface area (Å²) in [5, 5.41) is 14.5. The minimum absolute atomic E-state index is 0.271. The first-order valence-corrected chi connectivity index (χ1v) is 9.11. The molecule has 2 amide bonds. The molecule has 0 bridgehead atoms. The number of hydrogen-bond acceptors (Lipinski definition) is 4. The molecule has 0 saturated carbocycles. The van der Waals surface area contributed by atoms with Crippen molar-refractivity contribution in [3.8, 4) is 0 Å². The monoisotopic (exact) mass is 382 g/mol. The van der Waals surface area contributed by atoms with Gasteiger partial charge in [-0.1, -0.05) is 48.5 Å². The van der Waals surface area contributed by atoms with Crippen LogP contribution in [-0.2, 0) is 25.5 Å². The number of carboxylic acids is 1. The number of nitrogens with one attached hydrogen (secondary N) is 2. The molecule has 3 rings (SSSR count). The number of aliphatic carboxylic acids is 1. The van der Waals surface area contributed by atoms with Gasteiger partial charge in [0.15, 0.2) is 6.10 Å². The van der Waals surface area contributed by atoms with E-state index >= 15 is 0 Å². The van der Waals surface area contributed by atoms with E-state index in [9.17, 15) is 14.4 Å². The zero-order chi connectivity index (χ0) is 19.9. The van der Waals surface area contributed by atoms with E-state index in [0.717, 1.165) is 5.56 Å². The first kappa shape index (κ1) is 19.6. The topological polar surface area (TPSA) is 105 Å². The third-order valence-corrected chi connectivity index (χ3v) is 4.54. The first-order chi connectivity index (χ1) is 13.5. The number of carbonyl (C=O) groups excluding carboxylic acids is 2. The zero-order valence-electron chi connectivity index (χ0n) is 15.2. The van der Waals surface area contributed by atoms with Gasteiger partial charge in [-0.3, -0.25) is 9.59 Å². The molecule has 0 spiro atoms. The SMILES string of the molecule is O=C(Nc1ccccc1)C(Cc1ccccc1)NC(=O)[C@@H]1CC[C@H](C(=O)O)O1. The highest BCUT2D eigenvalue weighted by Crippen LogP contribution is 2.20. The number of para-hydroxylation sites is 1. The number of hydrogen-bond donors (Lipinski definition) is 3. The second-order valence-electron chi connectivity index (χ2n) is 6.64. The number of carbonyl (C=O) groups is 3. The van der Waals surface area contributed by atoms with Gasteiger partial charge in [-0.15, -0.1) is 0 Å². The molecular formula is C21H22N2O5. The molecular weight excluding hydrogens is 360 g/mol. The molecule has 7 nitrogen and oxygen atoms in total. The molecule has 1 unspecified atom stereocenters. The Morgan fingerprint density at radius 1 is 0.964 bits per heavy atom. The van der Waals surface area contributed by atoms with E-state index in [0.29, 0.717) is 18.5 Å². The van der Waals surface area contributed by atoms with Crippen LogP contribution in [0.2, 0.25) is 0 Å². The van der Waals surface area contributed by atoms with Gasteiger partial charge in [-0.25, -0.2) is 4.79 Å². The van der Waals surface area contributed by atoms with Crippen LogP contribution in [0.4, 0.5) is 5.69 Å². The maximum atomic E-state index is 12.8. The Bertz CT molecular complexity index is 825. The fraction of sp³-hybridized carbons (Fsp3) is 0.286. The molecule has 28 heavy (non-hydrogen) atoms. The van der Waals surface area contributed by atoms with Gasteiger partial charge in [-0.2, -0.15) is 0 Å². The van der Waals surface area contributed by atoms with Crippen molar-refractivity contribution in [2.24, 2.45) is 0 Å².